The summed E-state index contributed by atoms with van der Waals surface area (Å²) in [4.78, 5) is 22.9. The van der Waals surface area contributed by atoms with E-state index in [9.17, 15) is 27.2 Å². The number of halogens is 9. The summed E-state index contributed by atoms with van der Waals surface area (Å²) in [6, 6.07) is 0. The van der Waals surface area contributed by atoms with Crippen LogP contribution in [-0.2, 0) is 14.3 Å². The number of benzene rings is 1. The van der Waals surface area contributed by atoms with Gasteiger partial charge in [-0.2, -0.15) is 8.78 Å². The van der Waals surface area contributed by atoms with Crippen LogP contribution in [-0.4, -0.2) is 30.9 Å². The predicted octanol–water partition coefficient (Wildman–Crippen LogP) is 6.08. The molecule has 4 nitrogen and oxygen atoms in total. The fourth-order valence-corrected chi connectivity index (χ4v) is 2.55. The van der Waals surface area contributed by atoms with Crippen molar-refractivity contribution in [2.45, 2.75) is 25.2 Å². The zero-order chi connectivity index (χ0) is 20.2. The van der Waals surface area contributed by atoms with Crippen LogP contribution in [0.1, 0.15) is 12.8 Å². The van der Waals surface area contributed by atoms with Crippen molar-refractivity contribution in [2.75, 3.05) is 6.61 Å². The van der Waals surface area contributed by atoms with Gasteiger partial charge in [0.05, 0.1) is 27.9 Å². The lowest BCUT2D eigenvalue weighted by atomic mass is 10.3. The Morgan fingerprint density at radius 2 is 1.27 bits per heavy atom. The number of esters is 2. The van der Waals surface area contributed by atoms with Gasteiger partial charge in [0, 0.05) is 0 Å². The summed E-state index contributed by atoms with van der Waals surface area (Å²) in [6.07, 6.45) is -5.37. The van der Waals surface area contributed by atoms with Crippen molar-refractivity contribution in [3.05, 3.63) is 25.1 Å². The lowest BCUT2D eigenvalue weighted by molar-refractivity contribution is -0.180. The van der Waals surface area contributed by atoms with Gasteiger partial charge in [-0.3, -0.25) is 9.59 Å². The molecule has 146 valence electrons. The minimum absolute atomic E-state index is 0.174. The van der Waals surface area contributed by atoms with Crippen LogP contribution >= 0.6 is 58.0 Å². The molecular formula is C13H7Cl5F4O4. The van der Waals surface area contributed by atoms with E-state index in [1.54, 1.807) is 0 Å². The Morgan fingerprint density at radius 3 is 1.73 bits per heavy atom. The minimum Gasteiger partial charge on any atom is -0.459 e. The highest BCUT2D eigenvalue weighted by Gasteiger charge is 2.42. The number of ether oxygens (including phenoxy) is 2. The number of hydrogen-bond acceptors (Lipinski definition) is 4. The van der Waals surface area contributed by atoms with E-state index in [1.807, 2.05) is 0 Å². The number of carbonyl (C=O) groups excluding carboxylic acids is 2. The molecule has 0 aliphatic carbocycles. The molecule has 0 radical (unpaired) electrons. The maximum absolute atomic E-state index is 12.6. The van der Waals surface area contributed by atoms with Gasteiger partial charge in [0.2, 0.25) is 0 Å². The standard InChI is InChI=1S/C13H7Cl5F4O4/c14-6-7(15)9(17)11(10(18)8(6)16)26-5(24)2-1-4(23)25-3-13(21,22)12(19)20/h12H,1-3H2. The van der Waals surface area contributed by atoms with Crippen LogP contribution in [0, 0.1) is 0 Å². The average Bonchev–Trinajstić information content (AvgIpc) is 2.58. The van der Waals surface area contributed by atoms with Crippen LogP contribution in [0.25, 0.3) is 0 Å². The highest BCUT2D eigenvalue weighted by atomic mass is 35.5. The first-order valence-electron chi connectivity index (χ1n) is 6.42. The zero-order valence-electron chi connectivity index (χ0n) is 12.2. The third-order valence-electron chi connectivity index (χ3n) is 2.66. The van der Waals surface area contributed by atoms with Gasteiger partial charge in [-0.1, -0.05) is 58.0 Å². The second kappa shape index (κ2) is 9.50. The van der Waals surface area contributed by atoms with E-state index in [-0.39, 0.29) is 25.1 Å². The molecule has 1 aromatic carbocycles. The van der Waals surface area contributed by atoms with Crippen LogP contribution in [0.4, 0.5) is 17.6 Å². The fraction of sp³-hybridized carbons (Fsp3) is 0.385. The van der Waals surface area contributed by atoms with Crippen molar-refractivity contribution in [1.82, 2.24) is 0 Å². The molecule has 0 N–H and O–H groups in total. The summed E-state index contributed by atoms with van der Waals surface area (Å²) in [6.45, 7) is -1.82. The Bertz CT molecular complexity index is 685. The minimum atomic E-state index is -4.49. The molecule has 0 atom stereocenters. The Labute approximate surface area is 169 Å². The summed E-state index contributed by atoms with van der Waals surface area (Å²) in [7, 11) is 0. The maximum atomic E-state index is 12.6. The molecule has 0 unspecified atom stereocenters. The lowest BCUT2D eigenvalue weighted by Crippen LogP contribution is -2.33. The zero-order valence-corrected chi connectivity index (χ0v) is 16.0. The highest BCUT2D eigenvalue weighted by molar-refractivity contribution is 6.55. The Hall–Kier alpha value is -0.670. The van der Waals surface area contributed by atoms with Gasteiger partial charge >= 0.3 is 24.3 Å². The highest BCUT2D eigenvalue weighted by Crippen LogP contribution is 2.48. The summed E-state index contributed by atoms with van der Waals surface area (Å²) in [5.74, 6) is -7.30. The van der Waals surface area contributed by atoms with E-state index in [2.05, 4.69) is 4.74 Å². The van der Waals surface area contributed by atoms with Crippen LogP contribution in [0.3, 0.4) is 0 Å². The van der Waals surface area contributed by atoms with E-state index >= 15 is 0 Å². The molecule has 0 heterocycles. The molecule has 1 rings (SSSR count). The van der Waals surface area contributed by atoms with E-state index in [4.69, 9.17) is 62.7 Å². The third-order valence-corrected chi connectivity index (χ3v) is 4.91. The van der Waals surface area contributed by atoms with Crippen molar-refractivity contribution in [1.29, 1.82) is 0 Å². The molecule has 26 heavy (non-hydrogen) atoms. The molecular weight excluding hydrogens is 473 g/mol. The van der Waals surface area contributed by atoms with Gasteiger partial charge in [0.25, 0.3) is 0 Å². The summed E-state index contributed by atoms with van der Waals surface area (Å²) >= 11 is 29.0. The number of alkyl halides is 4. The second-order valence-corrected chi connectivity index (χ2v) is 6.49. The Kier molecular flexibility index (Phi) is 8.54. The first-order valence-corrected chi connectivity index (χ1v) is 8.31. The van der Waals surface area contributed by atoms with Gasteiger partial charge in [-0.15, -0.1) is 0 Å². The fourth-order valence-electron chi connectivity index (χ4n) is 1.36. The molecule has 0 fully saturated rings. The molecule has 0 saturated heterocycles. The van der Waals surface area contributed by atoms with Gasteiger partial charge in [-0.25, -0.2) is 8.78 Å². The molecule has 1 aromatic rings. The van der Waals surface area contributed by atoms with Gasteiger partial charge < -0.3 is 9.47 Å². The SMILES string of the molecule is O=C(CCC(=O)Oc1c(Cl)c(Cl)c(Cl)c(Cl)c1Cl)OCC(F)(F)C(F)F. The van der Waals surface area contributed by atoms with E-state index in [0.29, 0.717) is 0 Å². The molecule has 0 aromatic heterocycles. The maximum Gasteiger partial charge on any atom is 0.340 e. The summed E-state index contributed by atoms with van der Waals surface area (Å²) in [5, 5.41) is -1.29. The molecule has 0 amide bonds. The van der Waals surface area contributed by atoms with Crippen molar-refractivity contribution in [3.8, 4) is 5.75 Å². The van der Waals surface area contributed by atoms with Gasteiger partial charge in [0.1, 0.15) is 10.0 Å². The van der Waals surface area contributed by atoms with Crippen molar-refractivity contribution < 1.29 is 36.6 Å². The quantitative estimate of drug-likeness (QED) is 0.156. The largest absolute Gasteiger partial charge is 0.459 e. The van der Waals surface area contributed by atoms with Gasteiger partial charge in [-0.05, 0) is 0 Å². The first-order chi connectivity index (χ1) is 11.9. The average molecular weight is 480 g/mol. The molecule has 0 aliphatic heterocycles. The van der Waals surface area contributed by atoms with Crippen LogP contribution < -0.4 is 4.74 Å². The molecule has 0 bridgehead atoms. The normalized spacial score (nSPS) is 11.6. The number of carbonyl (C=O) groups is 2. The smallest absolute Gasteiger partial charge is 0.340 e. The van der Waals surface area contributed by atoms with Crippen molar-refractivity contribution >= 4 is 69.9 Å². The summed E-state index contributed by atoms with van der Waals surface area (Å²) in [5.41, 5.74) is 0. The van der Waals surface area contributed by atoms with Crippen molar-refractivity contribution in [2.24, 2.45) is 0 Å². The number of rotatable bonds is 7. The van der Waals surface area contributed by atoms with E-state index < -0.39 is 49.5 Å². The number of hydrogen-bond donors (Lipinski definition) is 0. The second-order valence-electron chi connectivity index (χ2n) is 4.60. The molecule has 0 saturated carbocycles. The lowest BCUT2D eigenvalue weighted by Gasteiger charge is -2.15. The third kappa shape index (κ3) is 5.92. The van der Waals surface area contributed by atoms with Gasteiger partial charge in [0.15, 0.2) is 12.4 Å². The van der Waals surface area contributed by atoms with Crippen molar-refractivity contribution in [3.63, 3.8) is 0 Å². The first kappa shape index (κ1) is 23.4. The molecule has 13 heteroatoms. The topological polar surface area (TPSA) is 52.6 Å². The van der Waals surface area contributed by atoms with Crippen LogP contribution in [0.15, 0.2) is 0 Å². The summed E-state index contributed by atoms with van der Waals surface area (Å²) < 4.78 is 57.8. The van der Waals surface area contributed by atoms with Crippen LogP contribution in [0.2, 0.25) is 25.1 Å². The Morgan fingerprint density at radius 1 is 0.846 bits per heavy atom. The molecule has 0 aliphatic rings. The van der Waals surface area contributed by atoms with Crippen LogP contribution in [0.5, 0.6) is 5.75 Å². The monoisotopic (exact) mass is 478 g/mol. The Balaban J connectivity index is 2.65. The molecule has 0 spiro atoms. The van der Waals surface area contributed by atoms with E-state index in [1.165, 1.54) is 0 Å². The predicted molar refractivity (Wildman–Crippen MR) is 88.3 cm³/mol. The van der Waals surface area contributed by atoms with E-state index in [0.717, 1.165) is 0 Å².